The maximum absolute atomic E-state index is 11.9. The lowest BCUT2D eigenvalue weighted by atomic mass is 9.98. The summed E-state index contributed by atoms with van der Waals surface area (Å²) < 4.78 is 10.5. The maximum Gasteiger partial charge on any atom is 0.326 e. The molecule has 5 nitrogen and oxygen atoms in total. The molecule has 0 heterocycles. The smallest absolute Gasteiger partial charge is 0.326 e. The first-order valence-electron chi connectivity index (χ1n) is 7.20. The van der Waals surface area contributed by atoms with E-state index in [-0.39, 0.29) is 5.97 Å². The van der Waals surface area contributed by atoms with Crippen molar-refractivity contribution < 1.29 is 14.3 Å². The summed E-state index contributed by atoms with van der Waals surface area (Å²) in [6.07, 6.45) is 0.725. The number of nitrogens with one attached hydrogen (secondary N) is 1. The zero-order chi connectivity index (χ0) is 14.7. The highest BCUT2D eigenvalue weighted by molar-refractivity contribution is 5.80. The number of rotatable bonds is 11. The van der Waals surface area contributed by atoms with Crippen molar-refractivity contribution in [1.29, 1.82) is 0 Å². The number of hydrogen-bond donors (Lipinski definition) is 1. The van der Waals surface area contributed by atoms with E-state index in [2.05, 4.69) is 17.1 Å². The molecule has 0 fully saturated rings. The van der Waals surface area contributed by atoms with Crippen LogP contribution in [0.3, 0.4) is 0 Å². The van der Waals surface area contributed by atoms with Gasteiger partial charge in [0.2, 0.25) is 0 Å². The van der Waals surface area contributed by atoms with Crippen molar-refractivity contribution in [3.8, 4) is 0 Å². The number of carbonyl (C=O) groups excluding carboxylic acids is 1. The van der Waals surface area contributed by atoms with Crippen LogP contribution in [-0.4, -0.2) is 62.9 Å². The molecule has 114 valence electrons. The molecular formula is C14H30N2O3. The Labute approximate surface area is 117 Å². The third-order valence-corrected chi connectivity index (χ3v) is 3.41. The Morgan fingerprint density at radius 1 is 1.21 bits per heavy atom. The van der Waals surface area contributed by atoms with E-state index in [0.29, 0.717) is 6.61 Å². The highest BCUT2D eigenvalue weighted by atomic mass is 16.5. The van der Waals surface area contributed by atoms with Crippen molar-refractivity contribution in [3.05, 3.63) is 0 Å². The Bertz CT molecular complexity index is 249. The van der Waals surface area contributed by atoms with Crippen LogP contribution in [0, 0.1) is 0 Å². The molecule has 0 rings (SSSR count). The molecule has 1 N–H and O–H groups in total. The summed E-state index contributed by atoms with van der Waals surface area (Å²) in [6, 6.07) is 0. The van der Waals surface area contributed by atoms with Gasteiger partial charge in [0.25, 0.3) is 0 Å². The van der Waals surface area contributed by atoms with Gasteiger partial charge in [0, 0.05) is 19.7 Å². The Morgan fingerprint density at radius 2 is 1.89 bits per heavy atom. The van der Waals surface area contributed by atoms with Crippen molar-refractivity contribution in [2.45, 2.75) is 39.7 Å². The summed E-state index contributed by atoms with van der Waals surface area (Å²) in [4.78, 5) is 14.2. The second-order valence-corrected chi connectivity index (χ2v) is 4.68. The molecule has 5 heteroatoms. The van der Waals surface area contributed by atoms with Gasteiger partial charge in [-0.05, 0) is 40.8 Å². The standard InChI is InChI=1S/C14H30N2O3/c1-6-16(11-12-18-7-2)10-9-14(4,15-5)13(17)19-8-3/h15H,6-12H2,1-5H3. The summed E-state index contributed by atoms with van der Waals surface area (Å²) in [7, 11) is 1.80. The number of likely N-dealkylation sites (N-methyl/N-ethyl adjacent to an activating group) is 2. The number of carbonyl (C=O) groups is 1. The normalized spacial score (nSPS) is 14.4. The fraction of sp³-hybridized carbons (Fsp3) is 0.929. The molecule has 0 spiro atoms. The van der Waals surface area contributed by atoms with Gasteiger partial charge in [0.05, 0.1) is 13.2 Å². The molecule has 0 aromatic heterocycles. The van der Waals surface area contributed by atoms with E-state index in [1.165, 1.54) is 0 Å². The molecule has 0 aromatic rings. The van der Waals surface area contributed by atoms with Gasteiger partial charge in [-0.25, -0.2) is 0 Å². The Balaban J connectivity index is 4.25. The van der Waals surface area contributed by atoms with Gasteiger partial charge in [-0.15, -0.1) is 0 Å². The van der Waals surface area contributed by atoms with E-state index in [1.54, 1.807) is 7.05 Å². The minimum Gasteiger partial charge on any atom is -0.465 e. The van der Waals surface area contributed by atoms with Gasteiger partial charge in [-0.1, -0.05) is 6.92 Å². The lowest BCUT2D eigenvalue weighted by Gasteiger charge is -2.30. The van der Waals surface area contributed by atoms with Crippen LogP contribution in [0.5, 0.6) is 0 Å². The van der Waals surface area contributed by atoms with Gasteiger partial charge in [-0.2, -0.15) is 0 Å². The second-order valence-electron chi connectivity index (χ2n) is 4.68. The zero-order valence-corrected chi connectivity index (χ0v) is 13.1. The van der Waals surface area contributed by atoms with E-state index in [4.69, 9.17) is 9.47 Å². The van der Waals surface area contributed by atoms with E-state index >= 15 is 0 Å². The van der Waals surface area contributed by atoms with Gasteiger partial charge in [0.1, 0.15) is 5.54 Å². The van der Waals surface area contributed by atoms with Gasteiger partial charge >= 0.3 is 5.97 Å². The first-order chi connectivity index (χ1) is 9.03. The molecule has 0 aliphatic heterocycles. The Morgan fingerprint density at radius 3 is 2.37 bits per heavy atom. The number of hydrogen-bond acceptors (Lipinski definition) is 5. The lowest BCUT2D eigenvalue weighted by molar-refractivity contribution is -0.150. The van der Waals surface area contributed by atoms with E-state index in [1.807, 2.05) is 20.8 Å². The molecule has 0 radical (unpaired) electrons. The van der Waals surface area contributed by atoms with Crippen molar-refractivity contribution in [2.24, 2.45) is 0 Å². The molecule has 0 saturated heterocycles. The fourth-order valence-corrected chi connectivity index (χ4v) is 1.77. The molecule has 19 heavy (non-hydrogen) atoms. The van der Waals surface area contributed by atoms with Crippen molar-refractivity contribution in [1.82, 2.24) is 10.2 Å². The summed E-state index contributed by atoms with van der Waals surface area (Å²) >= 11 is 0. The van der Waals surface area contributed by atoms with Crippen LogP contribution in [0.2, 0.25) is 0 Å². The average molecular weight is 274 g/mol. The molecular weight excluding hydrogens is 244 g/mol. The van der Waals surface area contributed by atoms with E-state index in [9.17, 15) is 4.79 Å². The Kier molecular flexibility index (Phi) is 9.83. The van der Waals surface area contributed by atoms with Crippen molar-refractivity contribution >= 4 is 5.97 Å². The number of esters is 1. The van der Waals surface area contributed by atoms with Crippen molar-refractivity contribution in [2.75, 3.05) is 46.5 Å². The largest absolute Gasteiger partial charge is 0.465 e. The maximum atomic E-state index is 11.9. The number of nitrogens with zero attached hydrogens (tertiary/aromatic N) is 1. The fourth-order valence-electron chi connectivity index (χ4n) is 1.77. The van der Waals surface area contributed by atoms with Crippen LogP contribution in [0.4, 0.5) is 0 Å². The van der Waals surface area contributed by atoms with Crippen molar-refractivity contribution in [3.63, 3.8) is 0 Å². The lowest BCUT2D eigenvalue weighted by Crippen LogP contribution is -2.50. The van der Waals surface area contributed by atoms with Crippen LogP contribution < -0.4 is 5.32 Å². The van der Waals surface area contributed by atoms with Gasteiger partial charge < -0.3 is 19.7 Å². The summed E-state index contributed by atoms with van der Waals surface area (Å²) in [6.45, 7) is 12.4. The highest BCUT2D eigenvalue weighted by Crippen LogP contribution is 2.12. The van der Waals surface area contributed by atoms with Gasteiger partial charge in [-0.3, -0.25) is 4.79 Å². The SMILES string of the molecule is CCOCCN(CC)CCC(C)(NC)C(=O)OCC. The molecule has 0 aliphatic rings. The minimum absolute atomic E-state index is 0.182. The predicted octanol–water partition coefficient (Wildman–Crippen LogP) is 1.28. The monoisotopic (exact) mass is 274 g/mol. The van der Waals surface area contributed by atoms with Gasteiger partial charge in [0.15, 0.2) is 0 Å². The average Bonchev–Trinajstić information content (AvgIpc) is 2.42. The predicted molar refractivity (Wildman–Crippen MR) is 77.3 cm³/mol. The third kappa shape index (κ3) is 6.89. The molecule has 1 unspecified atom stereocenters. The zero-order valence-electron chi connectivity index (χ0n) is 13.1. The molecule has 0 saturated carbocycles. The summed E-state index contributed by atoms with van der Waals surface area (Å²) in [5.41, 5.74) is -0.616. The second kappa shape index (κ2) is 10.2. The van der Waals surface area contributed by atoms with Crippen LogP contribution >= 0.6 is 0 Å². The first kappa shape index (κ1) is 18.4. The molecule has 0 aliphatic carbocycles. The summed E-state index contributed by atoms with van der Waals surface area (Å²) in [5, 5.41) is 3.08. The number of ether oxygens (including phenoxy) is 2. The molecule has 0 aromatic carbocycles. The third-order valence-electron chi connectivity index (χ3n) is 3.41. The van der Waals surface area contributed by atoms with E-state index < -0.39 is 5.54 Å². The molecule has 0 amide bonds. The minimum atomic E-state index is -0.616. The quantitative estimate of drug-likeness (QED) is 0.454. The Hall–Kier alpha value is -0.650. The van der Waals surface area contributed by atoms with E-state index in [0.717, 1.165) is 39.3 Å². The summed E-state index contributed by atoms with van der Waals surface area (Å²) in [5.74, 6) is -0.182. The van der Waals surface area contributed by atoms with Crippen LogP contribution in [-0.2, 0) is 14.3 Å². The molecule has 0 bridgehead atoms. The topological polar surface area (TPSA) is 50.8 Å². The molecule has 1 atom stereocenters. The van der Waals surface area contributed by atoms with Crippen LogP contribution in [0.1, 0.15) is 34.1 Å². The van der Waals surface area contributed by atoms with Crippen LogP contribution in [0.15, 0.2) is 0 Å². The first-order valence-corrected chi connectivity index (χ1v) is 7.20. The highest BCUT2D eigenvalue weighted by Gasteiger charge is 2.32. The van der Waals surface area contributed by atoms with Crippen LogP contribution in [0.25, 0.3) is 0 Å².